The standard InChI is InChI=1S/C11H18F3NO2/c1-3-7-15(8-10(16)17)9(2)5-4-6-11(12,13)14/h3,9H,1,4-8H2,2H3,(H,16,17). The Bertz CT molecular complexity index is 254. The fourth-order valence-corrected chi connectivity index (χ4v) is 1.52. The average molecular weight is 253 g/mol. The van der Waals surface area contributed by atoms with Gasteiger partial charge in [0.25, 0.3) is 0 Å². The van der Waals surface area contributed by atoms with E-state index in [1.54, 1.807) is 17.9 Å². The van der Waals surface area contributed by atoms with E-state index in [4.69, 9.17) is 5.11 Å². The van der Waals surface area contributed by atoms with Crippen molar-refractivity contribution in [1.29, 1.82) is 0 Å². The summed E-state index contributed by atoms with van der Waals surface area (Å²) >= 11 is 0. The van der Waals surface area contributed by atoms with Crippen LogP contribution in [0.1, 0.15) is 26.2 Å². The van der Waals surface area contributed by atoms with Gasteiger partial charge in [0.15, 0.2) is 0 Å². The van der Waals surface area contributed by atoms with Crippen LogP contribution in [0.5, 0.6) is 0 Å². The summed E-state index contributed by atoms with van der Waals surface area (Å²) in [6, 6.07) is -0.202. The number of hydrogen-bond acceptors (Lipinski definition) is 2. The zero-order chi connectivity index (χ0) is 13.5. The van der Waals surface area contributed by atoms with Crippen molar-refractivity contribution in [2.45, 2.75) is 38.4 Å². The highest BCUT2D eigenvalue weighted by atomic mass is 19.4. The summed E-state index contributed by atoms with van der Waals surface area (Å²) in [4.78, 5) is 12.2. The number of carboxylic acids is 1. The summed E-state index contributed by atoms with van der Waals surface area (Å²) in [6.07, 6.45) is -3.09. The lowest BCUT2D eigenvalue weighted by molar-refractivity contribution is -0.140. The smallest absolute Gasteiger partial charge is 0.389 e. The monoisotopic (exact) mass is 253 g/mol. The Hall–Kier alpha value is -1.04. The normalized spacial score (nSPS) is 13.7. The molecule has 3 nitrogen and oxygen atoms in total. The molecule has 0 radical (unpaired) electrons. The van der Waals surface area contributed by atoms with Crippen LogP contribution in [0, 0.1) is 0 Å². The number of aliphatic carboxylic acids is 1. The molecule has 0 aliphatic carbocycles. The molecule has 0 aliphatic rings. The van der Waals surface area contributed by atoms with Gasteiger partial charge >= 0.3 is 12.1 Å². The zero-order valence-corrected chi connectivity index (χ0v) is 9.83. The summed E-state index contributed by atoms with van der Waals surface area (Å²) in [5.41, 5.74) is 0. The van der Waals surface area contributed by atoms with Crippen molar-refractivity contribution in [3.05, 3.63) is 12.7 Å². The highest BCUT2D eigenvalue weighted by molar-refractivity contribution is 5.69. The number of hydrogen-bond donors (Lipinski definition) is 1. The van der Waals surface area contributed by atoms with Gasteiger partial charge in [0.1, 0.15) is 0 Å². The van der Waals surface area contributed by atoms with Crippen LogP contribution in [-0.2, 0) is 4.79 Å². The third-order valence-electron chi connectivity index (χ3n) is 2.41. The van der Waals surface area contributed by atoms with Gasteiger partial charge in [0.2, 0.25) is 0 Å². The first-order valence-corrected chi connectivity index (χ1v) is 5.39. The van der Waals surface area contributed by atoms with Crippen LogP contribution < -0.4 is 0 Å². The maximum absolute atomic E-state index is 11.9. The minimum Gasteiger partial charge on any atom is -0.480 e. The number of alkyl halides is 3. The lowest BCUT2D eigenvalue weighted by atomic mass is 10.1. The molecular weight excluding hydrogens is 235 g/mol. The Morgan fingerprint density at radius 3 is 2.53 bits per heavy atom. The third-order valence-corrected chi connectivity index (χ3v) is 2.41. The summed E-state index contributed by atoms with van der Waals surface area (Å²) in [7, 11) is 0. The Morgan fingerprint density at radius 2 is 2.12 bits per heavy atom. The molecule has 0 saturated heterocycles. The van der Waals surface area contributed by atoms with Gasteiger partial charge in [-0.05, 0) is 19.8 Å². The van der Waals surface area contributed by atoms with Crippen LogP contribution in [0.15, 0.2) is 12.7 Å². The van der Waals surface area contributed by atoms with Crippen LogP contribution in [0.3, 0.4) is 0 Å². The highest BCUT2D eigenvalue weighted by Crippen LogP contribution is 2.23. The minimum atomic E-state index is -4.14. The van der Waals surface area contributed by atoms with Crippen molar-refractivity contribution in [3.8, 4) is 0 Å². The second-order valence-corrected chi connectivity index (χ2v) is 3.97. The molecule has 0 saturated carbocycles. The molecule has 1 atom stereocenters. The Morgan fingerprint density at radius 1 is 1.53 bits per heavy atom. The van der Waals surface area contributed by atoms with Gasteiger partial charge in [-0.1, -0.05) is 6.08 Å². The highest BCUT2D eigenvalue weighted by Gasteiger charge is 2.27. The number of carboxylic acid groups (broad SMARTS) is 1. The van der Waals surface area contributed by atoms with Crippen molar-refractivity contribution >= 4 is 5.97 Å². The van der Waals surface area contributed by atoms with E-state index in [9.17, 15) is 18.0 Å². The largest absolute Gasteiger partial charge is 0.480 e. The van der Waals surface area contributed by atoms with Crippen LogP contribution in [-0.4, -0.2) is 41.3 Å². The van der Waals surface area contributed by atoms with Gasteiger partial charge in [-0.3, -0.25) is 9.69 Å². The fourth-order valence-electron chi connectivity index (χ4n) is 1.52. The first kappa shape index (κ1) is 16.0. The Kier molecular flexibility index (Phi) is 6.87. The van der Waals surface area contributed by atoms with Crippen molar-refractivity contribution in [3.63, 3.8) is 0 Å². The first-order chi connectivity index (χ1) is 7.76. The molecule has 6 heteroatoms. The number of halogens is 3. The van der Waals surface area contributed by atoms with E-state index in [1.165, 1.54) is 0 Å². The van der Waals surface area contributed by atoms with E-state index < -0.39 is 18.6 Å². The Balaban J connectivity index is 4.09. The molecule has 100 valence electrons. The Labute approximate surface area is 98.9 Å². The fraction of sp³-hybridized carbons (Fsp3) is 0.727. The van der Waals surface area contributed by atoms with Gasteiger partial charge in [0.05, 0.1) is 6.54 Å². The number of nitrogens with zero attached hydrogens (tertiary/aromatic N) is 1. The minimum absolute atomic E-state index is 0.0118. The van der Waals surface area contributed by atoms with E-state index in [0.717, 1.165) is 0 Å². The second-order valence-electron chi connectivity index (χ2n) is 3.97. The van der Waals surface area contributed by atoms with Crippen molar-refractivity contribution in [1.82, 2.24) is 4.90 Å². The predicted octanol–water partition coefficient (Wildman–Crippen LogP) is 2.68. The maximum Gasteiger partial charge on any atom is 0.389 e. The van der Waals surface area contributed by atoms with Crippen LogP contribution in [0.4, 0.5) is 13.2 Å². The quantitative estimate of drug-likeness (QED) is 0.676. The summed E-state index contributed by atoms with van der Waals surface area (Å²) < 4.78 is 35.8. The topological polar surface area (TPSA) is 40.5 Å². The zero-order valence-electron chi connectivity index (χ0n) is 9.83. The molecule has 0 spiro atoms. The molecule has 0 aliphatic heterocycles. The molecule has 0 fully saturated rings. The van der Waals surface area contributed by atoms with Crippen LogP contribution in [0.2, 0.25) is 0 Å². The van der Waals surface area contributed by atoms with E-state index in [2.05, 4.69) is 6.58 Å². The van der Waals surface area contributed by atoms with Gasteiger partial charge in [-0.25, -0.2) is 0 Å². The second kappa shape index (κ2) is 7.32. The molecular formula is C11H18F3NO2. The van der Waals surface area contributed by atoms with E-state index in [-0.39, 0.29) is 19.0 Å². The summed E-state index contributed by atoms with van der Waals surface area (Å²) in [5, 5.41) is 8.66. The third kappa shape index (κ3) is 8.74. The summed E-state index contributed by atoms with van der Waals surface area (Å²) in [5.74, 6) is -0.991. The lowest BCUT2D eigenvalue weighted by Gasteiger charge is -2.26. The number of rotatable bonds is 8. The molecule has 0 amide bonds. The lowest BCUT2D eigenvalue weighted by Crippen LogP contribution is -2.37. The molecule has 1 unspecified atom stereocenters. The molecule has 0 rings (SSSR count). The molecule has 0 heterocycles. The molecule has 0 bridgehead atoms. The van der Waals surface area contributed by atoms with Crippen LogP contribution >= 0.6 is 0 Å². The predicted molar refractivity (Wildman–Crippen MR) is 58.8 cm³/mol. The SMILES string of the molecule is C=CCN(CC(=O)O)C(C)CCCC(F)(F)F. The molecule has 0 aromatic carbocycles. The molecule has 0 aromatic rings. The van der Waals surface area contributed by atoms with Crippen LogP contribution in [0.25, 0.3) is 0 Å². The van der Waals surface area contributed by atoms with E-state index in [0.29, 0.717) is 13.0 Å². The van der Waals surface area contributed by atoms with Gasteiger partial charge < -0.3 is 5.11 Å². The molecule has 0 aromatic heterocycles. The summed E-state index contributed by atoms with van der Waals surface area (Å²) in [6.45, 7) is 5.40. The molecule has 17 heavy (non-hydrogen) atoms. The van der Waals surface area contributed by atoms with E-state index >= 15 is 0 Å². The van der Waals surface area contributed by atoms with Crippen molar-refractivity contribution in [2.75, 3.05) is 13.1 Å². The van der Waals surface area contributed by atoms with E-state index in [1.807, 2.05) is 0 Å². The van der Waals surface area contributed by atoms with Gasteiger partial charge in [-0.15, -0.1) is 6.58 Å². The van der Waals surface area contributed by atoms with Crippen molar-refractivity contribution < 1.29 is 23.1 Å². The first-order valence-electron chi connectivity index (χ1n) is 5.39. The average Bonchev–Trinajstić information content (AvgIpc) is 2.14. The number of carbonyl (C=O) groups is 1. The van der Waals surface area contributed by atoms with Crippen molar-refractivity contribution in [2.24, 2.45) is 0 Å². The van der Waals surface area contributed by atoms with Gasteiger partial charge in [0, 0.05) is 19.0 Å². The maximum atomic E-state index is 11.9. The van der Waals surface area contributed by atoms with Gasteiger partial charge in [-0.2, -0.15) is 13.2 Å². The molecule has 1 N–H and O–H groups in total.